The molecule has 1 unspecified atom stereocenters. The molecule has 5 nitrogen and oxygen atoms in total. The zero-order valence-corrected chi connectivity index (χ0v) is 11.9. The summed E-state index contributed by atoms with van der Waals surface area (Å²) >= 11 is 0. The van der Waals surface area contributed by atoms with E-state index in [2.05, 4.69) is 10.0 Å². The minimum atomic E-state index is -3.48. The lowest BCUT2D eigenvalue weighted by atomic mass is 10.1. The van der Waals surface area contributed by atoms with E-state index in [9.17, 15) is 8.42 Å². The molecule has 1 fully saturated rings. The number of benzene rings is 1. The molecule has 1 heterocycles. The Labute approximate surface area is 119 Å². The van der Waals surface area contributed by atoms with Gasteiger partial charge in [0.2, 0.25) is 10.0 Å². The molecule has 0 spiro atoms. The maximum Gasteiger partial charge on any atom is 0.240 e. The van der Waals surface area contributed by atoms with Crippen molar-refractivity contribution >= 4 is 22.4 Å². The van der Waals surface area contributed by atoms with Crippen LogP contribution in [0.15, 0.2) is 29.2 Å². The lowest BCUT2D eigenvalue weighted by Gasteiger charge is -2.23. The average Bonchev–Trinajstić information content (AvgIpc) is 2.39. The van der Waals surface area contributed by atoms with E-state index in [1.54, 1.807) is 0 Å². The Hall–Kier alpha value is -1.13. The standard InChI is InChI=1S/C12H15N3O2S.ClH/c13-8-10-3-5-12(6-4-10)18(16,17)15-11-2-1-7-14-9-11;/h3-6,11,14-15H,1-2,7,9H2;1H. The van der Waals surface area contributed by atoms with Gasteiger partial charge in [0, 0.05) is 12.6 Å². The number of nitrogens with zero attached hydrogens (tertiary/aromatic N) is 1. The molecule has 1 aliphatic rings. The molecule has 2 N–H and O–H groups in total. The van der Waals surface area contributed by atoms with Crippen molar-refractivity contribution in [3.63, 3.8) is 0 Å². The number of sulfonamides is 1. The second-order valence-electron chi connectivity index (χ2n) is 4.30. The van der Waals surface area contributed by atoms with Crippen molar-refractivity contribution < 1.29 is 8.42 Å². The summed E-state index contributed by atoms with van der Waals surface area (Å²) in [7, 11) is -3.48. The number of halogens is 1. The highest BCUT2D eigenvalue weighted by Crippen LogP contribution is 2.12. The third kappa shape index (κ3) is 4.18. The number of hydrogen-bond acceptors (Lipinski definition) is 4. The van der Waals surface area contributed by atoms with Gasteiger partial charge in [-0.15, -0.1) is 12.4 Å². The van der Waals surface area contributed by atoms with Crippen LogP contribution in [0.5, 0.6) is 0 Å². The first-order valence-corrected chi connectivity index (χ1v) is 7.33. The molecule has 0 amide bonds. The fraction of sp³-hybridized carbons (Fsp3) is 0.417. The maximum absolute atomic E-state index is 12.1. The van der Waals surface area contributed by atoms with Gasteiger partial charge in [-0.25, -0.2) is 13.1 Å². The third-order valence-electron chi connectivity index (χ3n) is 2.91. The lowest BCUT2D eigenvalue weighted by molar-refractivity contribution is 0.428. The van der Waals surface area contributed by atoms with Gasteiger partial charge in [0.1, 0.15) is 0 Å². The molecular weight excluding hydrogens is 286 g/mol. The maximum atomic E-state index is 12.1. The molecule has 0 saturated carbocycles. The molecular formula is C12H16ClN3O2S. The van der Waals surface area contributed by atoms with Crippen molar-refractivity contribution in [3.8, 4) is 6.07 Å². The molecule has 1 saturated heterocycles. The van der Waals surface area contributed by atoms with E-state index in [1.165, 1.54) is 24.3 Å². The summed E-state index contributed by atoms with van der Waals surface area (Å²) in [5, 5.41) is 11.8. The Bertz CT molecular complexity index is 545. The zero-order chi connectivity index (χ0) is 13.0. The van der Waals surface area contributed by atoms with Crippen LogP contribution in [0.1, 0.15) is 18.4 Å². The second-order valence-corrected chi connectivity index (χ2v) is 6.01. The Morgan fingerprint density at radius 2 is 2.00 bits per heavy atom. The van der Waals surface area contributed by atoms with Gasteiger partial charge in [-0.1, -0.05) is 0 Å². The van der Waals surface area contributed by atoms with Crippen molar-refractivity contribution in [2.24, 2.45) is 0 Å². The molecule has 0 aromatic heterocycles. The Morgan fingerprint density at radius 3 is 2.53 bits per heavy atom. The molecule has 7 heteroatoms. The molecule has 1 aliphatic heterocycles. The first-order valence-electron chi connectivity index (χ1n) is 5.85. The molecule has 104 valence electrons. The summed E-state index contributed by atoms with van der Waals surface area (Å²) in [6, 6.07) is 7.83. The Morgan fingerprint density at radius 1 is 1.32 bits per heavy atom. The lowest BCUT2D eigenvalue weighted by Crippen LogP contribution is -2.45. The van der Waals surface area contributed by atoms with E-state index in [4.69, 9.17) is 5.26 Å². The van der Waals surface area contributed by atoms with Gasteiger partial charge in [-0.3, -0.25) is 0 Å². The van der Waals surface area contributed by atoms with Crippen molar-refractivity contribution in [2.75, 3.05) is 13.1 Å². The van der Waals surface area contributed by atoms with Gasteiger partial charge in [-0.2, -0.15) is 5.26 Å². The minimum absolute atomic E-state index is 0. The van der Waals surface area contributed by atoms with Crippen LogP contribution in [-0.2, 0) is 10.0 Å². The van der Waals surface area contributed by atoms with Crippen LogP contribution in [0.4, 0.5) is 0 Å². The summed E-state index contributed by atoms with van der Waals surface area (Å²) in [6.07, 6.45) is 1.82. The van der Waals surface area contributed by atoms with E-state index in [-0.39, 0.29) is 23.3 Å². The molecule has 1 aromatic carbocycles. The number of hydrogen-bond donors (Lipinski definition) is 2. The molecule has 1 aromatic rings. The van der Waals surface area contributed by atoms with Crippen LogP contribution in [0.3, 0.4) is 0 Å². The van der Waals surface area contributed by atoms with Gasteiger partial charge in [0.25, 0.3) is 0 Å². The number of nitriles is 1. The van der Waals surface area contributed by atoms with Gasteiger partial charge < -0.3 is 5.32 Å². The second kappa shape index (κ2) is 6.87. The monoisotopic (exact) mass is 301 g/mol. The number of rotatable bonds is 3. The van der Waals surface area contributed by atoms with Gasteiger partial charge >= 0.3 is 0 Å². The first kappa shape index (κ1) is 15.9. The fourth-order valence-corrected chi connectivity index (χ4v) is 3.22. The molecule has 0 radical (unpaired) electrons. The Kier molecular flexibility index (Phi) is 5.76. The van der Waals surface area contributed by atoms with Crippen molar-refractivity contribution in [2.45, 2.75) is 23.8 Å². The highest BCUT2D eigenvalue weighted by atomic mass is 35.5. The van der Waals surface area contributed by atoms with E-state index in [0.717, 1.165) is 19.4 Å². The predicted octanol–water partition coefficient (Wildman–Crippen LogP) is 1.01. The van der Waals surface area contributed by atoms with Gasteiger partial charge in [0.15, 0.2) is 0 Å². The van der Waals surface area contributed by atoms with Crippen LogP contribution in [-0.4, -0.2) is 27.5 Å². The summed E-state index contributed by atoms with van der Waals surface area (Å²) in [5.41, 5.74) is 0.452. The average molecular weight is 302 g/mol. The SMILES string of the molecule is Cl.N#Cc1ccc(S(=O)(=O)NC2CCCNC2)cc1. The summed E-state index contributed by atoms with van der Waals surface area (Å²) < 4.78 is 26.8. The van der Waals surface area contributed by atoms with Crippen LogP contribution < -0.4 is 10.0 Å². The normalized spacial score (nSPS) is 19.2. The molecule has 2 rings (SSSR count). The van der Waals surface area contributed by atoms with E-state index >= 15 is 0 Å². The topological polar surface area (TPSA) is 82.0 Å². The quantitative estimate of drug-likeness (QED) is 0.873. The summed E-state index contributed by atoms with van der Waals surface area (Å²) in [6.45, 7) is 1.60. The number of piperidine rings is 1. The van der Waals surface area contributed by atoms with Crippen LogP contribution in [0.2, 0.25) is 0 Å². The summed E-state index contributed by atoms with van der Waals surface area (Å²) in [5.74, 6) is 0. The predicted molar refractivity (Wildman–Crippen MR) is 74.6 cm³/mol. The third-order valence-corrected chi connectivity index (χ3v) is 4.45. The van der Waals surface area contributed by atoms with Gasteiger partial charge in [0.05, 0.1) is 16.5 Å². The van der Waals surface area contributed by atoms with Crippen LogP contribution in [0.25, 0.3) is 0 Å². The highest BCUT2D eigenvalue weighted by Gasteiger charge is 2.21. The van der Waals surface area contributed by atoms with E-state index < -0.39 is 10.0 Å². The van der Waals surface area contributed by atoms with E-state index in [1.807, 2.05) is 6.07 Å². The Balaban J connectivity index is 0.00000180. The largest absolute Gasteiger partial charge is 0.315 e. The van der Waals surface area contributed by atoms with E-state index in [0.29, 0.717) is 12.1 Å². The van der Waals surface area contributed by atoms with Crippen molar-refractivity contribution in [3.05, 3.63) is 29.8 Å². The van der Waals surface area contributed by atoms with Crippen molar-refractivity contribution in [1.29, 1.82) is 5.26 Å². The molecule has 19 heavy (non-hydrogen) atoms. The fourth-order valence-electron chi connectivity index (χ4n) is 1.95. The minimum Gasteiger partial charge on any atom is -0.315 e. The highest BCUT2D eigenvalue weighted by molar-refractivity contribution is 7.89. The van der Waals surface area contributed by atoms with Crippen molar-refractivity contribution in [1.82, 2.24) is 10.0 Å². The summed E-state index contributed by atoms with van der Waals surface area (Å²) in [4.78, 5) is 0.201. The van der Waals surface area contributed by atoms with Crippen LogP contribution in [0, 0.1) is 11.3 Å². The first-order chi connectivity index (χ1) is 8.62. The zero-order valence-electron chi connectivity index (χ0n) is 10.3. The van der Waals surface area contributed by atoms with Gasteiger partial charge in [-0.05, 0) is 43.7 Å². The smallest absolute Gasteiger partial charge is 0.240 e. The molecule has 0 aliphatic carbocycles. The molecule has 0 bridgehead atoms. The van der Waals surface area contributed by atoms with Crippen LogP contribution >= 0.6 is 12.4 Å². The molecule has 1 atom stereocenters. The number of nitrogens with one attached hydrogen (secondary N) is 2.